The second-order valence-electron chi connectivity index (χ2n) is 4.80. The molecule has 1 heterocycles. The van der Waals surface area contributed by atoms with Crippen molar-refractivity contribution in [3.63, 3.8) is 0 Å². The van der Waals surface area contributed by atoms with Gasteiger partial charge < -0.3 is 0 Å². The number of urea groups is 1. The zero-order valence-electron chi connectivity index (χ0n) is 12.2. The predicted molar refractivity (Wildman–Crippen MR) is 96.0 cm³/mol. The summed E-state index contributed by atoms with van der Waals surface area (Å²) < 4.78 is 0.860. The summed E-state index contributed by atoms with van der Waals surface area (Å²) in [6, 6.07) is 22.3. The lowest BCUT2D eigenvalue weighted by Crippen LogP contribution is -2.31. The van der Waals surface area contributed by atoms with Crippen LogP contribution in [0.15, 0.2) is 83.5 Å². The SMILES string of the molecule is O=C(Nc1ccc(Br)cn1)N(c1ccccc1)c1ccccc1. The van der Waals surface area contributed by atoms with E-state index in [4.69, 9.17) is 0 Å². The van der Waals surface area contributed by atoms with Crippen molar-refractivity contribution in [2.24, 2.45) is 0 Å². The summed E-state index contributed by atoms with van der Waals surface area (Å²) in [5, 5.41) is 2.82. The first kappa shape index (κ1) is 15.2. The molecule has 2 amide bonds. The van der Waals surface area contributed by atoms with E-state index in [-0.39, 0.29) is 6.03 Å². The fourth-order valence-corrected chi connectivity index (χ4v) is 2.39. The number of rotatable bonds is 3. The summed E-state index contributed by atoms with van der Waals surface area (Å²) in [4.78, 5) is 18.6. The molecule has 0 unspecified atom stereocenters. The topological polar surface area (TPSA) is 45.2 Å². The lowest BCUT2D eigenvalue weighted by atomic mass is 10.2. The van der Waals surface area contributed by atoms with Gasteiger partial charge in [-0.3, -0.25) is 10.2 Å². The van der Waals surface area contributed by atoms with Crippen LogP contribution in [0.25, 0.3) is 0 Å². The maximum atomic E-state index is 12.8. The molecule has 4 nitrogen and oxygen atoms in total. The summed E-state index contributed by atoms with van der Waals surface area (Å²) in [5.74, 6) is 0.495. The number of hydrogen-bond acceptors (Lipinski definition) is 2. The van der Waals surface area contributed by atoms with Crippen LogP contribution in [0, 0.1) is 0 Å². The Morgan fingerprint density at radius 1 is 0.870 bits per heavy atom. The standard InChI is InChI=1S/C18H14BrN3O/c19-14-11-12-17(20-13-14)21-18(23)22(15-7-3-1-4-8-15)16-9-5-2-6-10-16/h1-13H,(H,20,21,23). The molecule has 1 N–H and O–H groups in total. The second-order valence-corrected chi connectivity index (χ2v) is 5.71. The highest BCUT2D eigenvalue weighted by molar-refractivity contribution is 9.10. The lowest BCUT2D eigenvalue weighted by molar-refractivity contribution is 0.259. The summed E-state index contributed by atoms with van der Waals surface area (Å²) in [5.41, 5.74) is 1.57. The molecular formula is C18H14BrN3O. The van der Waals surface area contributed by atoms with E-state index >= 15 is 0 Å². The number of anilines is 3. The number of pyridine rings is 1. The van der Waals surface area contributed by atoms with Crippen molar-refractivity contribution in [3.8, 4) is 0 Å². The van der Waals surface area contributed by atoms with E-state index < -0.39 is 0 Å². The summed E-state index contributed by atoms with van der Waals surface area (Å²) in [6.45, 7) is 0. The van der Waals surface area contributed by atoms with E-state index in [0.717, 1.165) is 15.8 Å². The van der Waals surface area contributed by atoms with Crippen molar-refractivity contribution in [1.29, 1.82) is 0 Å². The van der Waals surface area contributed by atoms with Crippen LogP contribution in [-0.2, 0) is 0 Å². The van der Waals surface area contributed by atoms with Gasteiger partial charge in [-0.1, -0.05) is 36.4 Å². The van der Waals surface area contributed by atoms with E-state index in [0.29, 0.717) is 5.82 Å². The molecule has 0 spiro atoms. The Kier molecular flexibility index (Phi) is 4.68. The molecule has 0 fully saturated rings. The third-order valence-corrected chi connectivity index (χ3v) is 3.66. The van der Waals surface area contributed by atoms with Crippen molar-refractivity contribution < 1.29 is 4.79 Å². The Morgan fingerprint density at radius 3 is 1.91 bits per heavy atom. The van der Waals surface area contributed by atoms with Crippen molar-refractivity contribution in [2.45, 2.75) is 0 Å². The van der Waals surface area contributed by atoms with Gasteiger partial charge in [-0.2, -0.15) is 0 Å². The minimum atomic E-state index is -0.266. The van der Waals surface area contributed by atoms with Crippen molar-refractivity contribution >= 4 is 39.2 Å². The Hall–Kier alpha value is -2.66. The van der Waals surface area contributed by atoms with Gasteiger partial charge in [-0.05, 0) is 52.3 Å². The Morgan fingerprint density at radius 2 is 1.43 bits per heavy atom. The van der Waals surface area contributed by atoms with E-state index in [1.807, 2.05) is 66.7 Å². The van der Waals surface area contributed by atoms with Gasteiger partial charge in [0.15, 0.2) is 0 Å². The van der Waals surface area contributed by atoms with Gasteiger partial charge in [-0.15, -0.1) is 0 Å². The molecule has 0 aliphatic heterocycles. The first-order valence-electron chi connectivity index (χ1n) is 7.07. The molecule has 0 bridgehead atoms. The number of nitrogens with zero attached hydrogens (tertiary/aromatic N) is 2. The molecule has 1 aromatic heterocycles. The molecular weight excluding hydrogens is 354 g/mol. The minimum absolute atomic E-state index is 0.266. The molecule has 3 rings (SSSR count). The quantitative estimate of drug-likeness (QED) is 0.689. The fourth-order valence-electron chi connectivity index (χ4n) is 2.15. The Balaban J connectivity index is 1.92. The van der Waals surface area contributed by atoms with Crippen LogP contribution in [0.3, 0.4) is 0 Å². The number of para-hydroxylation sites is 2. The molecule has 0 aliphatic carbocycles. The highest BCUT2D eigenvalue weighted by Gasteiger charge is 2.18. The number of nitrogens with one attached hydrogen (secondary N) is 1. The first-order chi connectivity index (χ1) is 11.2. The van der Waals surface area contributed by atoms with E-state index in [1.54, 1.807) is 17.2 Å². The largest absolute Gasteiger partial charge is 0.332 e. The predicted octanol–water partition coefficient (Wildman–Crippen LogP) is 5.21. The van der Waals surface area contributed by atoms with Gasteiger partial charge in [0.05, 0.1) is 11.4 Å². The van der Waals surface area contributed by atoms with Gasteiger partial charge in [0, 0.05) is 10.7 Å². The zero-order valence-corrected chi connectivity index (χ0v) is 13.8. The number of hydrogen-bond donors (Lipinski definition) is 1. The Bertz CT molecular complexity index is 737. The third-order valence-electron chi connectivity index (χ3n) is 3.19. The molecule has 3 aromatic rings. The van der Waals surface area contributed by atoms with Crippen molar-refractivity contribution in [2.75, 3.05) is 10.2 Å². The zero-order chi connectivity index (χ0) is 16.1. The monoisotopic (exact) mass is 367 g/mol. The molecule has 0 saturated carbocycles. The number of amides is 2. The highest BCUT2D eigenvalue weighted by atomic mass is 79.9. The third kappa shape index (κ3) is 3.76. The van der Waals surface area contributed by atoms with Crippen LogP contribution in [0.2, 0.25) is 0 Å². The average Bonchev–Trinajstić information content (AvgIpc) is 2.59. The number of carbonyl (C=O) groups is 1. The molecule has 2 aromatic carbocycles. The second kappa shape index (κ2) is 7.07. The highest BCUT2D eigenvalue weighted by Crippen LogP contribution is 2.25. The lowest BCUT2D eigenvalue weighted by Gasteiger charge is -2.23. The fraction of sp³-hybridized carbons (Fsp3) is 0. The van der Waals surface area contributed by atoms with Crippen LogP contribution < -0.4 is 10.2 Å². The maximum absolute atomic E-state index is 12.8. The van der Waals surface area contributed by atoms with E-state index in [9.17, 15) is 4.79 Å². The van der Waals surface area contributed by atoms with E-state index in [2.05, 4.69) is 26.2 Å². The minimum Gasteiger partial charge on any atom is -0.292 e. The molecule has 0 aliphatic rings. The van der Waals surface area contributed by atoms with Gasteiger partial charge in [0.1, 0.15) is 5.82 Å². The molecule has 0 saturated heterocycles. The molecule has 5 heteroatoms. The van der Waals surface area contributed by atoms with Gasteiger partial charge >= 0.3 is 6.03 Å². The van der Waals surface area contributed by atoms with E-state index in [1.165, 1.54) is 0 Å². The smallest absolute Gasteiger partial charge is 0.292 e. The van der Waals surface area contributed by atoms with Crippen LogP contribution in [0.4, 0.5) is 22.0 Å². The van der Waals surface area contributed by atoms with Gasteiger partial charge in [0.25, 0.3) is 0 Å². The van der Waals surface area contributed by atoms with Crippen molar-refractivity contribution in [1.82, 2.24) is 4.98 Å². The first-order valence-corrected chi connectivity index (χ1v) is 7.86. The van der Waals surface area contributed by atoms with Gasteiger partial charge in [0.2, 0.25) is 0 Å². The molecule has 114 valence electrons. The summed E-state index contributed by atoms with van der Waals surface area (Å²) in [7, 11) is 0. The van der Waals surface area contributed by atoms with Crippen LogP contribution in [-0.4, -0.2) is 11.0 Å². The van der Waals surface area contributed by atoms with Crippen molar-refractivity contribution in [3.05, 3.63) is 83.5 Å². The van der Waals surface area contributed by atoms with Crippen LogP contribution in [0.1, 0.15) is 0 Å². The van der Waals surface area contributed by atoms with Crippen LogP contribution >= 0.6 is 15.9 Å². The van der Waals surface area contributed by atoms with Gasteiger partial charge in [-0.25, -0.2) is 9.78 Å². The molecule has 23 heavy (non-hydrogen) atoms. The number of benzene rings is 2. The number of carbonyl (C=O) groups excluding carboxylic acids is 1. The molecule has 0 radical (unpaired) electrons. The maximum Gasteiger partial charge on any atom is 0.332 e. The average molecular weight is 368 g/mol. The normalized spacial score (nSPS) is 10.1. The summed E-state index contributed by atoms with van der Waals surface area (Å²) >= 11 is 3.33. The summed E-state index contributed by atoms with van der Waals surface area (Å²) in [6.07, 6.45) is 1.64. The molecule has 0 atom stereocenters. The number of aromatic nitrogens is 1. The Labute approximate surface area is 142 Å². The van der Waals surface area contributed by atoms with Crippen LogP contribution in [0.5, 0.6) is 0 Å². The number of halogens is 1.